The van der Waals surface area contributed by atoms with Gasteiger partial charge >= 0.3 is 0 Å². The largest absolute Gasteiger partial charge is 0.294 e. The number of benzene rings is 3. The van der Waals surface area contributed by atoms with E-state index in [1.165, 1.54) is 0 Å². The van der Waals surface area contributed by atoms with Crippen LogP contribution in [0.15, 0.2) is 78.9 Å². The molecule has 0 radical (unpaired) electrons. The van der Waals surface area contributed by atoms with Crippen molar-refractivity contribution < 1.29 is 4.79 Å². The third-order valence-electron chi connectivity index (χ3n) is 3.61. The number of carbonyl (C=O) groups excluding carboxylic acids is 1. The fourth-order valence-corrected chi connectivity index (χ4v) is 2.61. The van der Waals surface area contributed by atoms with E-state index in [0.717, 1.165) is 27.8 Å². The van der Waals surface area contributed by atoms with Gasteiger partial charge in [0, 0.05) is 5.56 Å². The molecule has 0 heterocycles. The van der Waals surface area contributed by atoms with Gasteiger partial charge in [-0.1, -0.05) is 78.9 Å². The molecular weight excluding hydrogens is 256 g/mol. The molecule has 0 unspecified atom stereocenters. The molecule has 0 saturated heterocycles. The molecule has 102 valence electrons. The lowest BCUT2D eigenvalue weighted by atomic mass is 9.91. The van der Waals surface area contributed by atoms with Gasteiger partial charge in [0.15, 0.2) is 5.78 Å². The molecule has 0 atom stereocenters. The van der Waals surface area contributed by atoms with Crippen LogP contribution in [0.2, 0.25) is 0 Å². The summed E-state index contributed by atoms with van der Waals surface area (Å²) in [6.45, 7) is 1.62. The second kappa shape index (κ2) is 5.76. The lowest BCUT2D eigenvalue weighted by Gasteiger charge is -2.12. The van der Waals surface area contributed by atoms with Gasteiger partial charge in [0.05, 0.1) is 0 Å². The molecule has 1 nitrogen and oxygen atoms in total. The molecule has 3 aromatic rings. The maximum absolute atomic E-state index is 11.9. The van der Waals surface area contributed by atoms with E-state index >= 15 is 0 Å². The average Bonchev–Trinajstić information content (AvgIpc) is 2.55. The van der Waals surface area contributed by atoms with E-state index in [4.69, 9.17) is 0 Å². The Balaban J connectivity index is 2.24. The van der Waals surface area contributed by atoms with Crippen molar-refractivity contribution in [3.63, 3.8) is 0 Å². The Morgan fingerprint density at radius 3 is 1.81 bits per heavy atom. The van der Waals surface area contributed by atoms with Crippen molar-refractivity contribution in [1.29, 1.82) is 0 Å². The number of hydrogen-bond acceptors (Lipinski definition) is 1. The van der Waals surface area contributed by atoms with Crippen LogP contribution in [-0.2, 0) is 0 Å². The number of hydrogen-bond donors (Lipinski definition) is 0. The molecule has 0 aromatic heterocycles. The zero-order valence-corrected chi connectivity index (χ0v) is 11.9. The first kappa shape index (κ1) is 13.3. The van der Waals surface area contributed by atoms with Crippen LogP contribution in [0.25, 0.3) is 22.3 Å². The maximum atomic E-state index is 11.9. The van der Waals surface area contributed by atoms with E-state index in [0.29, 0.717) is 0 Å². The minimum atomic E-state index is 0.0912. The van der Waals surface area contributed by atoms with E-state index < -0.39 is 0 Å². The number of Topliss-reactive ketones (excluding diaryl/α,β-unsaturated/α-hetero) is 1. The van der Waals surface area contributed by atoms with Crippen molar-refractivity contribution in [2.24, 2.45) is 0 Å². The summed E-state index contributed by atoms with van der Waals surface area (Å²) < 4.78 is 0. The molecular formula is C20H16O. The minimum Gasteiger partial charge on any atom is -0.294 e. The predicted molar refractivity (Wildman–Crippen MR) is 87.3 cm³/mol. The van der Waals surface area contributed by atoms with Crippen molar-refractivity contribution >= 4 is 5.78 Å². The molecule has 1 heteroatoms. The van der Waals surface area contributed by atoms with Crippen LogP contribution >= 0.6 is 0 Å². The van der Waals surface area contributed by atoms with Gasteiger partial charge in [-0.3, -0.25) is 4.79 Å². The second-order valence-electron chi connectivity index (χ2n) is 5.01. The van der Waals surface area contributed by atoms with Gasteiger partial charge in [-0.2, -0.15) is 0 Å². The first-order valence-corrected chi connectivity index (χ1v) is 7.02. The molecule has 0 aliphatic heterocycles. The van der Waals surface area contributed by atoms with Crippen LogP contribution in [0.5, 0.6) is 0 Å². The highest BCUT2D eigenvalue weighted by atomic mass is 16.1. The fourth-order valence-electron chi connectivity index (χ4n) is 2.61. The SMILES string of the molecule is CC(=O)c1ccccc1-c1ccccc1-c1ccccc1. The van der Waals surface area contributed by atoms with Crippen LogP contribution < -0.4 is 0 Å². The van der Waals surface area contributed by atoms with Gasteiger partial charge in [0.1, 0.15) is 0 Å². The van der Waals surface area contributed by atoms with Gasteiger partial charge in [-0.25, -0.2) is 0 Å². The minimum absolute atomic E-state index is 0.0912. The van der Waals surface area contributed by atoms with Gasteiger partial charge < -0.3 is 0 Å². The van der Waals surface area contributed by atoms with Crippen molar-refractivity contribution in [3.05, 3.63) is 84.4 Å². The average molecular weight is 272 g/mol. The van der Waals surface area contributed by atoms with Crippen LogP contribution in [0.3, 0.4) is 0 Å². The standard InChI is InChI=1S/C20H16O/c1-15(21)17-11-5-7-13-19(17)20-14-8-6-12-18(20)16-9-3-2-4-10-16/h2-14H,1H3. The third-order valence-corrected chi connectivity index (χ3v) is 3.61. The molecule has 3 rings (SSSR count). The first-order chi connectivity index (χ1) is 10.3. The highest BCUT2D eigenvalue weighted by molar-refractivity contribution is 6.02. The molecule has 0 bridgehead atoms. The van der Waals surface area contributed by atoms with Crippen molar-refractivity contribution in [3.8, 4) is 22.3 Å². The number of rotatable bonds is 3. The van der Waals surface area contributed by atoms with Crippen molar-refractivity contribution in [1.82, 2.24) is 0 Å². The summed E-state index contributed by atoms with van der Waals surface area (Å²) in [5.74, 6) is 0.0912. The highest BCUT2D eigenvalue weighted by Crippen LogP contribution is 2.33. The van der Waals surface area contributed by atoms with Crippen molar-refractivity contribution in [2.75, 3.05) is 0 Å². The summed E-state index contributed by atoms with van der Waals surface area (Å²) in [4.78, 5) is 11.9. The summed E-state index contributed by atoms with van der Waals surface area (Å²) in [5, 5.41) is 0. The molecule has 0 fully saturated rings. The van der Waals surface area contributed by atoms with E-state index in [9.17, 15) is 4.79 Å². The lowest BCUT2D eigenvalue weighted by Crippen LogP contribution is -1.96. The molecule has 0 N–H and O–H groups in total. The Morgan fingerprint density at radius 1 is 0.619 bits per heavy atom. The smallest absolute Gasteiger partial charge is 0.160 e. The lowest BCUT2D eigenvalue weighted by molar-refractivity contribution is 0.101. The van der Waals surface area contributed by atoms with Crippen molar-refractivity contribution in [2.45, 2.75) is 6.92 Å². The van der Waals surface area contributed by atoms with E-state index in [-0.39, 0.29) is 5.78 Å². The quantitative estimate of drug-likeness (QED) is 0.597. The summed E-state index contributed by atoms with van der Waals surface area (Å²) in [6, 6.07) is 26.3. The summed E-state index contributed by atoms with van der Waals surface area (Å²) in [6.07, 6.45) is 0. The van der Waals surface area contributed by atoms with Crippen LogP contribution in [-0.4, -0.2) is 5.78 Å². The second-order valence-corrected chi connectivity index (χ2v) is 5.01. The first-order valence-electron chi connectivity index (χ1n) is 7.02. The molecule has 0 amide bonds. The van der Waals surface area contributed by atoms with Gasteiger partial charge in [0.25, 0.3) is 0 Å². The highest BCUT2D eigenvalue weighted by Gasteiger charge is 2.12. The van der Waals surface area contributed by atoms with Gasteiger partial charge in [-0.15, -0.1) is 0 Å². The summed E-state index contributed by atoms with van der Waals surface area (Å²) in [5.41, 5.74) is 5.15. The fraction of sp³-hybridized carbons (Fsp3) is 0.0500. The van der Waals surface area contributed by atoms with Gasteiger partial charge in [0.2, 0.25) is 0 Å². The summed E-state index contributed by atoms with van der Waals surface area (Å²) in [7, 11) is 0. The van der Waals surface area contributed by atoms with E-state index in [1.807, 2.05) is 54.6 Å². The molecule has 3 aromatic carbocycles. The Hall–Kier alpha value is -2.67. The molecule has 0 spiro atoms. The number of carbonyl (C=O) groups is 1. The topological polar surface area (TPSA) is 17.1 Å². The van der Waals surface area contributed by atoms with Gasteiger partial charge in [-0.05, 0) is 29.2 Å². The van der Waals surface area contributed by atoms with Crippen LogP contribution in [0.1, 0.15) is 17.3 Å². The Morgan fingerprint density at radius 2 is 1.14 bits per heavy atom. The third kappa shape index (κ3) is 2.63. The predicted octanol–water partition coefficient (Wildman–Crippen LogP) is 5.22. The number of ketones is 1. The van der Waals surface area contributed by atoms with Crippen LogP contribution in [0.4, 0.5) is 0 Å². The Labute approximate surface area is 124 Å². The Bertz CT molecular complexity index is 773. The molecule has 0 aliphatic carbocycles. The molecule has 0 aliphatic rings. The van der Waals surface area contributed by atoms with Crippen LogP contribution in [0, 0.1) is 0 Å². The molecule has 21 heavy (non-hydrogen) atoms. The monoisotopic (exact) mass is 272 g/mol. The van der Waals surface area contributed by atoms with E-state index in [1.54, 1.807) is 6.92 Å². The molecule has 0 saturated carbocycles. The zero-order chi connectivity index (χ0) is 14.7. The maximum Gasteiger partial charge on any atom is 0.160 e. The van der Waals surface area contributed by atoms with E-state index in [2.05, 4.69) is 24.3 Å². The Kier molecular flexibility index (Phi) is 3.65. The normalized spacial score (nSPS) is 10.3. The zero-order valence-electron chi connectivity index (χ0n) is 11.9. The summed E-state index contributed by atoms with van der Waals surface area (Å²) >= 11 is 0.